The number of hydrogen-bond acceptors (Lipinski definition) is 3. The molecule has 2 rings (SSSR count). The van der Waals surface area contributed by atoms with E-state index in [1.165, 1.54) is 0 Å². The summed E-state index contributed by atoms with van der Waals surface area (Å²) in [5, 5.41) is -0.990. The fourth-order valence-corrected chi connectivity index (χ4v) is 2.11. The van der Waals surface area contributed by atoms with Gasteiger partial charge in [-0.1, -0.05) is 36.4 Å². The minimum Gasteiger partial charge on any atom is -0.278 e. The van der Waals surface area contributed by atoms with Crippen molar-refractivity contribution < 1.29 is 9.59 Å². The fraction of sp³-hybridized carbons (Fsp3) is 0.214. The van der Waals surface area contributed by atoms with Gasteiger partial charge in [-0.05, 0) is 5.56 Å². The number of alkyl halides is 1. The summed E-state index contributed by atoms with van der Waals surface area (Å²) in [6.45, 7) is 4.01. The van der Waals surface area contributed by atoms with Crippen molar-refractivity contribution in [3.05, 3.63) is 48.6 Å². The number of likely N-dealkylation sites (tertiary alicyclic amines) is 1. The van der Waals surface area contributed by atoms with Crippen molar-refractivity contribution in [3.8, 4) is 0 Å². The SMILES string of the molecule is C=CCN=C1C(=O)N(Cc2ccccc2)C(=O)C1Cl. The summed E-state index contributed by atoms with van der Waals surface area (Å²) in [5.74, 6) is -0.839. The van der Waals surface area contributed by atoms with Crippen molar-refractivity contribution in [2.24, 2.45) is 4.99 Å². The maximum Gasteiger partial charge on any atom is 0.276 e. The average molecular weight is 277 g/mol. The van der Waals surface area contributed by atoms with E-state index in [4.69, 9.17) is 11.6 Å². The highest BCUT2D eigenvalue weighted by atomic mass is 35.5. The van der Waals surface area contributed by atoms with Gasteiger partial charge in [0.2, 0.25) is 0 Å². The molecule has 1 fully saturated rings. The largest absolute Gasteiger partial charge is 0.278 e. The number of carbonyl (C=O) groups is 2. The number of nitrogens with zero attached hydrogens (tertiary/aromatic N) is 2. The van der Waals surface area contributed by atoms with E-state index in [1.54, 1.807) is 6.08 Å². The van der Waals surface area contributed by atoms with Gasteiger partial charge in [0.1, 0.15) is 5.71 Å². The van der Waals surface area contributed by atoms with E-state index < -0.39 is 17.2 Å². The second-order valence-corrected chi connectivity index (χ2v) is 4.53. The van der Waals surface area contributed by atoms with E-state index in [9.17, 15) is 9.59 Å². The zero-order chi connectivity index (χ0) is 13.8. The monoisotopic (exact) mass is 276 g/mol. The summed E-state index contributed by atoms with van der Waals surface area (Å²) < 4.78 is 0. The molecule has 0 spiro atoms. The number of carbonyl (C=O) groups excluding carboxylic acids is 2. The van der Waals surface area contributed by atoms with E-state index >= 15 is 0 Å². The Kier molecular flexibility index (Phi) is 4.12. The zero-order valence-electron chi connectivity index (χ0n) is 10.3. The average Bonchev–Trinajstić information content (AvgIpc) is 2.62. The van der Waals surface area contributed by atoms with Crippen LogP contribution in [0, 0.1) is 0 Å². The molecule has 19 heavy (non-hydrogen) atoms. The topological polar surface area (TPSA) is 49.7 Å². The van der Waals surface area contributed by atoms with Crippen LogP contribution in [0.15, 0.2) is 48.0 Å². The van der Waals surface area contributed by atoms with Gasteiger partial charge in [0.05, 0.1) is 13.1 Å². The summed E-state index contributed by atoms with van der Waals surface area (Å²) in [6, 6.07) is 9.28. The smallest absolute Gasteiger partial charge is 0.276 e. The van der Waals surface area contributed by atoms with E-state index in [2.05, 4.69) is 11.6 Å². The second-order valence-electron chi connectivity index (χ2n) is 4.09. The van der Waals surface area contributed by atoms with Crippen LogP contribution in [0.5, 0.6) is 0 Å². The molecule has 0 N–H and O–H groups in total. The Bertz CT molecular complexity index is 540. The van der Waals surface area contributed by atoms with Gasteiger partial charge in [-0.3, -0.25) is 19.5 Å². The molecule has 1 saturated heterocycles. The molecule has 1 aromatic carbocycles. The Morgan fingerprint density at radius 2 is 2.00 bits per heavy atom. The minimum atomic E-state index is -0.990. The summed E-state index contributed by atoms with van der Waals surface area (Å²) in [4.78, 5) is 29.2. The number of rotatable bonds is 4. The number of benzene rings is 1. The third-order valence-corrected chi connectivity index (χ3v) is 3.15. The number of amides is 2. The molecule has 0 bridgehead atoms. The van der Waals surface area contributed by atoms with Gasteiger partial charge in [0.25, 0.3) is 11.8 Å². The molecular formula is C14H13ClN2O2. The highest BCUT2D eigenvalue weighted by Crippen LogP contribution is 2.19. The van der Waals surface area contributed by atoms with Gasteiger partial charge in [0.15, 0.2) is 5.38 Å². The first kappa shape index (κ1) is 13.5. The van der Waals surface area contributed by atoms with Crippen LogP contribution in [0.25, 0.3) is 0 Å². The number of imide groups is 1. The predicted octanol–water partition coefficient (Wildman–Crippen LogP) is 1.79. The van der Waals surface area contributed by atoms with Crippen LogP contribution in [-0.4, -0.2) is 34.3 Å². The summed E-state index contributed by atoms with van der Waals surface area (Å²) in [7, 11) is 0. The first-order valence-electron chi connectivity index (χ1n) is 5.84. The number of aliphatic imine (C=N–C) groups is 1. The van der Waals surface area contributed by atoms with Crippen LogP contribution < -0.4 is 0 Å². The van der Waals surface area contributed by atoms with Gasteiger partial charge in [0, 0.05) is 0 Å². The van der Waals surface area contributed by atoms with Crippen LogP contribution in [-0.2, 0) is 16.1 Å². The molecular weight excluding hydrogens is 264 g/mol. The lowest BCUT2D eigenvalue weighted by Gasteiger charge is -2.12. The van der Waals surface area contributed by atoms with E-state index in [0.717, 1.165) is 10.5 Å². The zero-order valence-corrected chi connectivity index (χ0v) is 11.0. The molecule has 1 heterocycles. The van der Waals surface area contributed by atoms with Crippen LogP contribution >= 0.6 is 11.6 Å². The van der Waals surface area contributed by atoms with Gasteiger partial charge >= 0.3 is 0 Å². The maximum atomic E-state index is 12.1. The Balaban J connectivity index is 2.21. The van der Waals surface area contributed by atoms with E-state index in [-0.39, 0.29) is 18.8 Å². The normalized spacial score (nSPS) is 21.2. The third kappa shape index (κ3) is 2.74. The van der Waals surface area contributed by atoms with Crippen molar-refractivity contribution in [1.29, 1.82) is 0 Å². The Morgan fingerprint density at radius 3 is 2.63 bits per heavy atom. The lowest BCUT2D eigenvalue weighted by atomic mass is 10.2. The predicted molar refractivity (Wildman–Crippen MR) is 74.1 cm³/mol. The molecule has 1 atom stereocenters. The summed E-state index contributed by atoms with van der Waals surface area (Å²) in [6.07, 6.45) is 1.55. The van der Waals surface area contributed by atoms with Gasteiger partial charge in [-0.2, -0.15) is 0 Å². The first-order chi connectivity index (χ1) is 9.15. The molecule has 1 unspecified atom stereocenters. The van der Waals surface area contributed by atoms with E-state index in [1.807, 2.05) is 30.3 Å². The molecule has 2 amide bonds. The Hall–Kier alpha value is -1.94. The van der Waals surface area contributed by atoms with Crippen LogP contribution in [0.3, 0.4) is 0 Å². The van der Waals surface area contributed by atoms with Crippen LogP contribution in [0.4, 0.5) is 0 Å². The fourth-order valence-electron chi connectivity index (χ4n) is 1.83. The number of hydrogen-bond donors (Lipinski definition) is 0. The molecule has 98 valence electrons. The third-order valence-electron chi connectivity index (χ3n) is 2.76. The van der Waals surface area contributed by atoms with Gasteiger partial charge in [-0.15, -0.1) is 18.2 Å². The van der Waals surface area contributed by atoms with Crippen molar-refractivity contribution >= 4 is 29.1 Å². The highest BCUT2D eigenvalue weighted by molar-refractivity contribution is 6.63. The highest BCUT2D eigenvalue weighted by Gasteiger charge is 2.43. The van der Waals surface area contributed by atoms with Crippen molar-refractivity contribution in [2.45, 2.75) is 11.9 Å². The molecule has 5 heteroatoms. The Labute approximate surface area is 116 Å². The molecule has 1 aromatic rings. The minimum absolute atomic E-state index is 0.0995. The number of halogens is 1. The molecule has 0 radical (unpaired) electrons. The second kappa shape index (κ2) is 5.80. The van der Waals surface area contributed by atoms with Crippen molar-refractivity contribution in [2.75, 3.05) is 6.54 Å². The Morgan fingerprint density at radius 1 is 1.32 bits per heavy atom. The summed E-state index contributed by atoms with van der Waals surface area (Å²) >= 11 is 5.94. The summed E-state index contributed by atoms with van der Waals surface area (Å²) in [5.41, 5.74) is 0.973. The van der Waals surface area contributed by atoms with Crippen molar-refractivity contribution in [3.63, 3.8) is 0 Å². The van der Waals surface area contributed by atoms with Crippen molar-refractivity contribution in [1.82, 2.24) is 4.90 Å². The van der Waals surface area contributed by atoms with Crippen LogP contribution in [0.2, 0.25) is 0 Å². The lowest BCUT2D eigenvalue weighted by molar-refractivity contribution is -0.137. The molecule has 0 saturated carbocycles. The molecule has 0 aliphatic carbocycles. The standard InChI is InChI=1S/C14H13ClN2O2/c1-2-8-16-12-11(15)13(18)17(14(12)19)9-10-6-4-3-5-7-10/h2-7,11H,1,8-9H2. The first-order valence-corrected chi connectivity index (χ1v) is 6.27. The molecule has 1 aliphatic rings. The van der Waals surface area contributed by atoms with Gasteiger partial charge in [-0.25, -0.2) is 0 Å². The lowest BCUT2D eigenvalue weighted by Crippen LogP contribution is -2.30. The maximum absolute atomic E-state index is 12.1. The molecule has 0 aromatic heterocycles. The van der Waals surface area contributed by atoms with Crippen LogP contribution in [0.1, 0.15) is 5.56 Å². The molecule has 4 nitrogen and oxygen atoms in total. The quantitative estimate of drug-likeness (QED) is 0.478. The van der Waals surface area contributed by atoms with E-state index in [0.29, 0.717) is 0 Å². The molecule has 1 aliphatic heterocycles. The van der Waals surface area contributed by atoms with Gasteiger partial charge < -0.3 is 0 Å².